The fourth-order valence-corrected chi connectivity index (χ4v) is 3.37. The Kier molecular flexibility index (Phi) is 4.04. The summed E-state index contributed by atoms with van der Waals surface area (Å²) < 4.78 is 5.28. The molecule has 1 aliphatic heterocycles. The maximum absolute atomic E-state index is 13.1. The van der Waals surface area contributed by atoms with E-state index in [0.29, 0.717) is 24.4 Å². The normalized spacial score (nSPS) is 16.2. The Balaban J connectivity index is 1.71. The first-order valence-corrected chi connectivity index (χ1v) is 8.25. The van der Waals surface area contributed by atoms with Gasteiger partial charge in [-0.05, 0) is 23.8 Å². The van der Waals surface area contributed by atoms with Gasteiger partial charge in [0, 0.05) is 18.7 Å². The molecule has 2 N–H and O–H groups in total. The number of phenolic OH excluding ortho intramolecular Hbond substituents is 1. The molecule has 0 aliphatic carbocycles. The summed E-state index contributed by atoms with van der Waals surface area (Å²) >= 11 is 0. The number of H-pyrrole nitrogens is 1. The summed E-state index contributed by atoms with van der Waals surface area (Å²) in [5.41, 5.74) is 3.19. The SMILES string of the molecule is COc1cnccc1C(=O)N1Cc2[nH]cnc2C(c2cccc(O)c2)C1. The van der Waals surface area contributed by atoms with Crippen LogP contribution in [0.1, 0.15) is 33.2 Å². The molecule has 4 rings (SSSR count). The van der Waals surface area contributed by atoms with E-state index in [9.17, 15) is 9.90 Å². The number of nitrogens with one attached hydrogen (secondary N) is 1. The topological polar surface area (TPSA) is 91.3 Å². The molecule has 132 valence electrons. The standard InChI is InChI=1S/C19H18N4O3/c1-26-17-8-20-6-5-14(17)19(25)23-9-15(12-3-2-4-13(24)7-12)18-16(10-23)21-11-22-18/h2-8,11,15,24H,9-10H2,1H3,(H,21,22). The van der Waals surface area contributed by atoms with Crippen molar-refractivity contribution in [3.63, 3.8) is 0 Å². The van der Waals surface area contributed by atoms with E-state index < -0.39 is 0 Å². The number of imidazole rings is 1. The van der Waals surface area contributed by atoms with Gasteiger partial charge in [-0.2, -0.15) is 0 Å². The van der Waals surface area contributed by atoms with Crippen LogP contribution in [-0.2, 0) is 6.54 Å². The Morgan fingerprint density at radius 3 is 3.08 bits per heavy atom. The highest BCUT2D eigenvalue weighted by Gasteiger charge is 2.32. The van der Waals surface area contributed by atoms with E-state index >= 15 is 0 Å². The Labute approximate surface area is 150 Å². The second-order valence-corrected chi connectivity index (χ2v) is 6.18. The first kappa shape index (κ1) is 16.1. The zero-order chi connectivity index (χ0) is 18.1. The number of hydrogen-bond donors (Lipinski definition) is 2. The third kappa shape index (κ3) is 2.77. The van der Waals surface area contributed by atoms with Crippen LogP contribution in [0.4, 0.5) is 0 Å². The zero-order valence-electron chi connectivity index (χ0n) is 14.2. The van der Waals surface area contributed by atoms with Gasteiger partial charge in [-0.1, -0.05) is 12.1 Å². The summed E-state index contributed by atoms with van der Waals surface area (Å²) in [5, 5.41) is 9.83. The van der Waals surface area contributed by atoms with Gasteiger partial charge in [0.1, 0.15) is 11.5 Å². The molecule has 0 radical (unpaired) electrons. The van der Waals surface area contributed by atoms with E-state index in [-0.39, 0.29) is 17.6 Å². The number of hydrogen-bond acceptors (Lipinski definition) is 5. The van der Waals surface area contributed by atoms with Gasteiger partial charge in [0.25, 0.3) is 5.91 Å². The molecule has 0 saturated carbocycles. The summed E-state index contributed by atoms with van der Waals surface area (Å²) in [6.45, 7) is 0.903. The van der Waals surface area contributed by atoms with Crippen molar-refractivity contribution >= 4 is 5.91 Å². The van der Waals surface area contributed by atoms with Gasteiger partial charge >= 0.3 is 0 Å². The highest BCUT2D eigenvalue weighted by atomic mass is 16.5. The third-order valence-electron chi connectivity index (χ3n) is 4.63. The second kappa shape index (κ2) is 6.51. The molecule has 0 spiro atoms. The van der Waals surface area contributed by atoms with Crippen LogP contribution in [-0.4, -0.2) is 44.5 Å². The van der Waals surface area contributed by atoms with E-state index in [2.05, 4.69) is 15.0 Å². The minimum atomic E-state index is -0.130. The lowest BCUT2D eigenvalue weighted by Crippen LogP contribution is -2.39. The summed E-state index contributed by atoms with van der Waals surface area (Å²) in [6, 6.07) is 8.73. The monoisotopic (exact) mass is 350 g/mol. The molecule has 0 fully saturated rings. The van der Waals surface area contributed by atoms with Gasteiger partial charge in [-0.15, -0.1) is 0 Å². The van der Waals surface area contributed by atoms with E-state index in [0.717, 1.165) is 17.0 Å². The quantitative estimate of drug-likeness (QED) is 0.756. The van der Waals surface area contributed by atoms with Crippen molar-refractivity contribution in [2.45, 2.75) is 12.5 Å². The van der Waals surface area contributed by atoms with Crippen molar-refractivity contribution in [2.75, 3.05) is 13.7 Å². The molecule has 0 saturated heterocycles. The van der Waals surface area contributed by atoms with Crippen molar-refractivity contribution in [1.82, 2.24) is 19.9 Å². The number of aromatic hydroxyl groups is 1. The number of fused-ring (bicyclic) bond motifs is 1. The van der Waals surface area contributed by atoms with E-state index in [1.165, 1.54) is 13.3 Å². The summed E-state index contributed by atoms with van der Waals surface area (Å²) in [4.78, 5) is 26.4. The summed E-state index contributed by atoms with van der Waals surface area (Å²) in [7, 11) is 1.52. The molecule has 7 heteroatoms. The Hall–Kier alpha value is -3.35. The maximum atomic E-state index is 13.1. The highest BCUT2D eigenvalue weighted by molar-refractivity contribution is 5.97. The van der Waals surface area contributed by atoms with Gasteiger partial charge in [0.15, 0.2) is 0 Å². The number of carbonyl (C=O) groups is 1. The lowest BCUT2D eigenvalue weighted by Gasteiger charge is -2.32. The number of nitrogens with zero attached hydrogens (tertiary/aromatic N) is 3. The molecule has 1 aliphatic rings. The molecule has 3 heterocycles. The number of methoxy groups -OCH3 is 1. The van der Waals surface area contributed by atoms with Gasteiger partial charge in [0.05, 0.1) is 43.1 Å². The minimum absolute atomic E-state index is 0.117. The average Bonchev–Trinajstić information content (AvgIpc) is 3.15. The lowest BCUT2D eigenvalue weighted by atomic mass is 9.90. The van der Waals surface area contributed by atoms with Crippen LogP contribution in [0.3, 0.4) is 0 Å². The van der Waals surface area contributed by atoms with Crippen LogP contribution in [0.5, 0.6) is 11.5 Å². The highest BCUT2D eigenvalue weighted by Crippen LogP contribution is 2.34. The van der Waals surface area contributed by atoms with Crippen LogP contribution in [0.15, 0.2) is 49.1 Å². The number of amides is 1. The Bertz CT molecular complexity index is 953. The first-order valence-electron chi connectivity index (χ1n) is 8.25. The van der Waals surface area contributed by atoms with Crippen molar-refractivity contribution < 1.29 is 14.6 Å². The molecule has 1 aromatic carbocycles. The Morgan fingerprint density at radius 1 is 1.38 bits per heavy atom. The number of rotatable bonds is 3. The number of benzene rings is 1. The van der Waals surface area contributed by atoms with Gasteiger partial charge in [0.2, 0.25) is 0 Å². The molecule has 2 aromatic heterocycles. The maximum Gasteiger partial charge on any atom is 0.258 e. The van der Waals surface area contributed by atoms with Crippen molar-refractivity contribution in [1.29, 1.82) is 0 Å². The van der Waals surface area contributed by atoms with E-state index in [1.54, 1.807) is 41.7 Å². The molecule has 1 unspecified atom stereocenters. The molecule has 7 nitrogen and oxygen atoms in total. The molecule has 1 amide bonds. The lowest BCUT2D eigenvalue weighted by molar-refractivity contribution is 0.0718. The van der Waals surface area contributed by atoms with Gasteiger partial charge in [-0.3, -0.25) is 9.78 Å². The molecule has 1 atom stereocenters. The molecule has 3 aromatic rings. The predicted octanol–water partition coefficient (Wildman–Crippen LogP) is 2.31. The number of ether oxygens (including phenoxy) is 1. The number of pyridine rings is 1. The van der Waals surface area contributed by atoms with Crippen LogP contribution < -0.4 is 4.74 Å². The van der Waals surface area contributed by atoms with Crippen molar-refractivity contribution in [2.24, 2.45) is 0 Å². The van der Waals surface area contributed by atoms with Crippen molar-refractivity contribution in [3.8, 4) is 11.5 Å². The fraction of sp³-hybridized carbons (Fsp3) is 0.211. The predicted molar refractivity (Wildman–Crippen MR) is 94.1 cm³/mol. The largest absolute Gasteiger partial charge is 0.508 e. The summed E-state index contributed by atoms with van der Waals surface area (Å²) in [6.07, 6.45) is 4.75. The van der Waals surface area contributed by atoms with Crippen LogP contribution in [0, 0.1) is 0 Å². The van der Waals surface area contributed by atoms with Crippen LogP contribution in [0.25, 0.3) is 0 Å². The number of aromatic nitrogens is 3. The molecule has 26 heavy (non-hydrogen) atoms. The van der Waals surface area contributed by atoms with Crippen LogP contribution >= 0.6 is 0 Å². The average molecular weight is 350 g/mol. The van der Waals surface area contributed by atoms with Gasteiger partial charge in [-0.25, -0.2) is 4.98 Å². The zero-order valence-corrected chi connectivity index (χ0v) is 14.2. The van der Waals surface area contributed by atoms with E-state index in [4.69, 9.17) is 4.74 Å². The van der Waals surface area contributed by atoms with Gasteiger partial charge < -0.3 is 19.7 Å². The number of aromatic amines is 1. The first-order chi connectivity index (χ1) is 12.7. The fourth-order valence-electron chi connectivity index (χ4n) is 3.37. The number of phenols is 1. The number of carbonyl (C=O) groups excluding carboxylic acids is 1. The van der Waals surface area contributed by atoms with Crippen molar-refractivity contribution in [3.05, 3.63) is 71.6 Å². The minimum Gasteiger partial charge on any atom is -0.508 e. The van der Waals surface area contributed by atoms with E-state index in [1.807, 2.05) is 6.07 Å². The second-order valence-electron chi connectivity index (χ2n) is 6.18. The smallest absolute Gasteiger partial charge is 0.258 e. The molecule has 0 bridgehead atoms. The third-order valence-corrected chi connectivity index (χ3v) is 4.63. The molecular weight excluding hydrogens is 332 g/mol. The molecular formula is C19H18N4O3. The van der Waals surface area contributed by atoms with Crippen LogP contribution in [0.2, 0.25) is 0 Å². The summed E-state index contributed by atoms with van der Waals surface area (Å²) in [5.74, 6) is 0.393. The Morgan fingerprint density at radius 2 is 2.27 bits per heavy atom.